The van der Waals surface area contributed by atoms with E-state index in [-0.39, 0.29) is 10.8 Å². The van der Waals surface area contributed by atoms with Gasteiger partial charge in [0.2, 0.25) is 0 Å². The second kappa shape index (κ2) is 25.5. The Balaban J connectivity index is 0.000000121. The molecule has 1 N–H and O–H groups in total. The van der Waals surface area contributed by atoms with Gasteiger partial charge in [-0.25, -0.2) is 0 Å². The van der Waals surface area contributed by atoms with E-state index in [0.29, 0.717) is 10.8 Å². The van der Waals surface area contributed by atoms with Crippen molar-refractivity contribution in [3.8, 4) is 66.8 Å². The molecule has 0 aliphatic heterocycles. The van der Waals surface area contributed by atoms with Gasteiger partial charge in [-0.15, -0.1) is 0 Å². The molecule has 0 amide bonds. The lowest BCUT2D eigenvalue weighted by molar-refractivity contribution is -0.00530. The molecule has 0 heterocycles. The molecule has 8 bridgehead atoms. The normalized spacial score (nSPS) is 23.5. The number of halogens is 1. The first-order valence-corrected chi connectivity index (χ1v) is 38.1. The summed E-state index contributed by atoms with van der Waals surface area (Å²) in [5.41, 5.74) is 31.0. The van der Waals surface area contributed by atoms with Crippen LogP contribution in [0.15, 0.2) is 291 Å². The smallest absolute Gasteiger partial charge is 0.0465 e. The number of anilines is 5. The summed E-state index contributed by atoms with van der Waals surface area (Å²) in [5, 5.41) is 4.38. The third-order valence-electron chi connectivity index (χ3n) is 25.6. The molecule has 10 aliphatic carbocycles. The van der Waals surface area contributed by atoms with E-state index >= 15 is 0 Å². The van der Waals surface area contributed by atoms with E-state index in [0.717, 1.165) is 57.6 Å². The van der Waals surface area contributed by atoms with Crippen LogP contribution in [0.1, 0.15) is 138 Å². The molecule has 8 fully saturated rings. The van der Waals surface area contributed by atoms with E-state index in [2.05, 4.69) is 311 Å². The molecule has 3 heteroatoms. The molecule has 0 unspecified atom stereocenters. The van der Waals surface area contributed by atoms with Gasteiger partial charge in [0.25, 0.3) is 0 Å². The van der Waals surface area contributed by atoms with E-state index in [1.807, 2.05) is 18.2 Å². The fourth-order valence-electron chi connectivity index (χ4n) is 21.4. The summed E-state index contributed by atoms with van der Waals surface area (Å²) < 4.78 is 0. The van der Waals surface area contributed by atoms with Crippen molar-refractivity contribution in [2.24, 2.45) is 35.5 Å². The number of rotatable bonds is 11. The average Bonchev–Trinajstić information content (AvgIpc) is 1.56. The van der Waals surface area contributed by atoms with Gasteiger partial charge in [0.05, 0.1) is 0 Å². The van der Waals surface area contributed by atoms with Gasteiger partial charge in [0.1, 0.15) is 0 Å². The van der Waals surface area contributed by atoms with Gasteiger partial charge >= 0.3 is 0 Å². The highest BCUT2D eigenvalue weighted by Gasteiger charge is 2.53. The molecule has 10 aliphatic rings. The molecule has 2 nitrogen and oxygen atoms in total. The minimum atomic E-state index is -0.0586. The molecule has 0 saturated heterocycles. The van der Waals surface area contributed by atoms with Crippen molar-refractivity contribution in [1.29, 1.82) is 0 Å². The van der Waals surface area contributed by atoms with E-state index < -0.39 is 0 Å². The Bertz CT molecular complexity index is 4920. The number of nitrogens with one attached hydrogen (secondary N) is 1. The van der Waals surface area contributed by atoms with Gasteiger partial charge in [-0.05, 0) is 296 Å². The average molecular weight is 1330 g/mol. The predicted molar refractivity (Wildman–Crippen MR) is 425 cm³/mol. The van der Waals surface area contributed by atoms with Crippen LogP contribution in [-0.2, 0) is 21.7 Å². The van der Waals surface area contributed by atoms with Crippen molar-refractivity contribution < 1.29 is 0 Å². The second-order valence-electron chi connectivity index (χ2n) is 32.8. The summed E-state index contributed by atoms with van der Waals surface area (Å²) in [4.78, 5) is 2.42. The van der Waals surface area contributed by atoms with Crippen LogP contribution >= 0.6 is 11.6 Å². The van der Waals surface area contributed by atoms with Crippen LogP contribution in [0.2, 0.25) is 5.02 Å². The van der Waals surface area contributed by atoms with Crippen molar-refractivity contribution >= 4 is 40.0 Å². The Morgan fingerprint density at radius 3 is 0.980 bits per heavy atom. The maximum absolute atomic E-state index is 6.00. The summed E-state index contributed by atoms with van der Waals surface area (Å²) in [7, 11) is 0. The van der Waals surface area contributed by atoms with Gasteiger partial charge in [0, 0.05) is 44.3 Å². The third kappa shape index (κ3) is 11.9. The fraction of sp³-hybridized carbons (Fsp3) is 0.265. The van der Waals surface area contributed by atoms with E-state index in [4.69, 9.17) is 11.6 Å². The molecule has 0 radical (unpaired) electrons. The van der Waals surface area contributed by atoms with Crippen molar-refractivity contribution in [2.45, 2.75) is 126 Å². The van der Waals surface area contributed by atoms with Crippen molar-refractivity contribution in [2.75, 3.05) is 10.2 Å². The molecule has 101 heavy (non-hydrogen) atoms. The number of hydrogen-bond donors (Lipinski definition) is 1. The summed E-state index contributed by atoms with van der Waals surface area (Å²) in [6.07, 6.45) is 17.6. The van der Waals surface area contributed by atoms with Gasteiger partial charge in [0.15, 0.2) is 0 Å². The highest BCUT2D eigenvalue weighted by Crippen LogP contribution is 2.63. The van der Waals surface area contributed by atoms with Crippen LogP contribution in [0.3, 0.4) is 0 Å². The standard InChI is InChI=1S/C49H45N.C27H23N.C22H23Cl/c1-48(2)46-11-7-6-10-44(46)45-25-24-43(29-47(45)48)50(41-20-14-38(15-21-41)36-8-4-3-5-9-36)42-22-16-39(17-23-42)37-12-18-40(19-13-37)49-30-33-26-34(31-49)28-35(27-33)32-49;1-27(2)25-11-7-6-10-23(25)24-17-16-22(18-26(24)27)28-21-14-12-20(13-15-21)19-8-4-3-5-9-19;23-21-7-3-19(4-8-21)18-1-5-20(6-2-18)22-12-15-9-16(13-22)11-17(10-15)14-22/h3-25,29,33-35H,26-28,30-32H2,1-2H3;3-18,28H,1-2H3;1-8,15-17H,9-14H2. The van der Waals surface area contributed by atoms with Gasteiger partial charge in [-0.2, -0.15) is 0 Å². The van der Waals surface area contributed by atoms with Crippen molar-refractivity contribution in [3.05, 3.63) is 330 Å². The first-order chi connectivity index (χ1) is 49.3. The SMILES string of the molecule is CC1(C)c2ccccc2-c2ccc(N(c3ccc(-c4ccccc4)cc3)c3ccc(-c4ccc(C56CC7CC(CC(C7)C5)C6)cc4)cc3)cc21.CC1(C)c2ccccc2-c2ccc(Nc3ccc(-c4ccccc4)cc3)cc21.Clc1ccc(-c2ccc(C34CC5CC(CC(C5)C3)C4)cc2)cc1. The maximum atomic E-state index is 6.00. The molecule has 12 aromatic rings. The Morgan fingerprint density at radius 1 is 0.277 bits per heavy atom. The lowest BCUT2D eigenvalue weighted by Gasteiger charge is -2.57. The summed E-state index contributed by atoms with van der Waals surface area (Å²) in [6.45, 7) is 9.36. The van der Waals surface area contributed by atoms with Crippen LogP contribution < -0.4 is 10.2 Å². The second-order valence-corrected chi connectivity index (χ2v) is 33.2. The molecule has 0 atom stereocenters. The first kappa shape index (κ1) is 63.7. The van der Waals surface area contributed by atoms with E-state index in [9.17, 15) is 0 Å². The van der Waals surface area contributed by atoms with Gasteiger partial charge < -0.3 is 10.2 Å². The van der Waals surface area contributed by atoms with Crippen LogP contribution in [0.4, 0.5) is 28.4 Å². The Hall–Kier alpha value is -9.47. The Labute approximate surface area is 604 Å². The molecule has 8 saturated carbocycles. The van der Waals surface area contributed by atoms with E-state index in [1.165, 1.54) is 177 Å². The summed E-state index contributed by atoms with van der Waals surface area (Å²) >= 11 is 6.00. The number of nitrogens with zero attached hydrogens (tertiary/aromatic N) is 1. The highest BCUT2D eigenvalue weighted by atomic mass is 35.5. The molecular weight excluding hydrogens is 1240 g/mol. The predicted octanol–water partition coefficient (Wildman–Crippen LogP) is 27.1. The molecular formula is C98H91ClN2. The van der Waals surface area contributed by atoms with Gasteiger partial charge in [-0.3, -0.25) is 0 Å². The fourth-order valence-corrected chi connectivity index (χ4v) is 21.6. The maximum Gasteiger partial charge on any atom is 0.0465 e. The molecule has 0 aromatic heterocycles. The third-order valence-corrected chi connectivity index (χ3v) is 25.9. The van der Waals surface area contributed by atoms with Gasteiger partial charge in [-0.1, -0.05) is 258 Å². The quantitative estimate of drug-likeness (QED) is 0.139. The van der Waals surface area contributed by atoms with E-state index in [1.54, 1.807) is 11.1 Å². The number of fused-ring (bicyclic) bond motifs is 6. The topological polar surface area (TPSA) is 15.3 Å². The minimum absolute atomic E-state index is 0.0286. The number of benzene rings is 12. The Kier molecular flexibility index (Phi) is 16.1. The molecule has 500 valence electrons. The Morgan fingerprint density at radius 2 is 0.574 bits per heavy atom. The van der Waals surface area contributed by atoms with Crippen molar-refractivity contribution in [3.63, 3.8) is 0 Å². The van der Waals surface area contributed by atoms with Crippen LogP contribution in [0.5, 0.6) is 0 Å². The summed E-state index contributed by atoms with van der Waals surface area (Å²) in [6, 6.07) is 107. The largest absolute Gasteiger partial charge is 0.356 e. The zero-order valence-corrected chi connectivity index (χ0v) is 59.7. The lowest BCUT2D eigenvalue weighted by atomic mass is 9.48. The molecule has 22 rings (SSSR count). The highest BCUT2D eigenvalue weighted by molar-refractivity contribution is 6.30. The lowest BCUT2D eigenvalue weighted by Crippen LogP contribution is -2.48. The van der Waals surface area contributed by atoms with Crippen molar-refractivity contribution in [1.82, 2.24) is 0 Å². The monoisotopic (exact) mass is 1330 g/mol. The first-order valence-electron chi connectivity index (χ1n) is 37.7. The minimum Gasteiger partial charge on any atom is -0.356 e. The van der Waals surface area contributed by atoms with Crippen LogP contribution in [0.25, 0.3) is 66.8 Å². The van der Waals surface area contributed by atoms with Crippen LogP contribution in [0, 0.1) is 35.5 Å². The molecule has 0 spiro atoms. The zero-order chi connectivity index (χ0) is 68.0. The number of hydrogen-bond acceptors (Lipinski definition) is 2. The van der Waals surface area contributed by atoms with Crippen LogP contribution in [-0.4, -0.2) is 0 Å². The summed E-state index contributed by atoms with van der Waals surface area (Å²) in [5.74, 6) is 5.95. The zero-order valence-electron chi connectivity index (χ0n) is 59.0. The molecule has 12 aromatic carbocycles.